The summed E-state index contributed by atoms with van der Waals surface area (Å²) in [5.74, 6) is -0.0113. The molecule has 1 aliphatic heterocycles. The molecule has 25 heavy (non-hydrogen) atoms. The molecule has 2 nitrogen and oxygen atoms in total. The quantitative estimate of drug-likeness (QED) is 0.615. The van der Waals surface area contributed by atoms with Gasteiger partial charge in [0.05, 0.1) is 18.5 Å². The summed E-state index contributed by atoms with van der Waals surface area (Å²) in [4.78, 5) is 13.3. The molecule has 0 unspecified atom stereocenters. The second-order valence-electron chi connectivity index (χ2n) is 7.72. The third-order valence-electron chi connectivity index (χ3n) is 6.32. The number of hydrogen-bond donors (Lipinski definition) is 1. The summed E-state index contributed by atoms with van der Waals surface area (Å²) in [6, 6.07) is 3.02. The predicted molar refractivity (Wildman–Crippen MR) is 102 cm³/mol. The average Bonchev–Trinajstić information content (AvgIpc) is 3.34. The van der Waals surface area contributed by atoms with Crippen molar-refractivity contribution in [2.75, 3.05) is 23.8 Å². The number of anilines is 1. The number of carbonyl (C=O) groups is 1. The minimum absolute atomic E-state index is 0. The van der Waals surface area contributed by atoms with Gasteiger partial charge < -0.3 is 5.32 Å². The van der Waals surface area contributed by atoms with Crippen molar-refractivity contribution in [2.24, 2.45) is 0 Å². The van der Waals surface area contributed by atoms with Gasteiger partial charge in [0.2, 0.25) is 0 Å². The van der Waals surface area contributed by atoms with E-state index in [9.17, 15) is 9.18 Å². The molecule has 1 aliphatic carbocycles. The number of rotatable bonds is 4. The molecule has 135 valence electrons. The summed E-state index contributed by atoms with van der Waals surface area (Å²) in [5.41, 5.74) is 2.46. The minimum Gasteiger partial charge on any atom is -0.322 e. The van der Waals surface area contributed by atoms with Crippen molar-refractivity contribution in [3.05, 3.63) is 29.1 Å². The van der Waals surface area contributed by atoms with Crippen molar-refractivity contribution < 1.29 is 41.9 Å². The molecule has 1 saturated heterocycles. The van der Waals surface area contributed by atoms with Crippen molar-refractivity contribution >= 4 is 18.9 Å². The molecule has 1 aromatic rings. The van der Waals surface area contributed by atoms with Gasteiger partial charge in [0, 0.05) is 58.5 Å². The van der Waals surface area contributed by atoms with E-state index in [0.717, 1.165) is 29.7 Å². The van der Waals surface area contributed by atoms with E-state index < -0.39 is 7.26 Å². The van der Waals surface area contributed by atoms with Crippen LogP contribution in [0.5, 0.6) is 0 Å². The van der Waals surface area contributed by atoms with Gasteiger partial charge >= 0.3 is 0 Å². The Hall–Kier alpha value is 0.154. The summed E-state index contributed by atoms with van der Waals surface area (Å²) in [5, 5.41) is 3.12. The fourth-order valence-electron chi connectivity index (χ4n) is 4.71. The molecule has 5 heteroatoms. The third kappa shape index (κ3) is 4.04. The van der Waals surface area contributed by atoms with Crippen LogP contribution in [0.15, 0.2) is 12.1 Å². The summed E-state index contributed by atoms with van der Waals surface area (Å²) >= 11 is 0. The second kappa shape index (κ2) is 8.45. The Morgan fingerprint density at radius 1 is 1.12 bits per heavy atom. The number of benzene rings is 1. The third-order valence-corrected chi connectivity index (χ3v) is 12.3. The molecular weight excluding hydrogens is 409 g/mol. The van der Waals surface area contributed by atoms with Crippen LogP contribution >= 0.6 is 7.26 Å². The van der Waals surface area contributed by atoms with Gasteiger partial charge in [-0.15, -0.1) is 0 Å². The van der Waals surface area contributed by atoms with E-state index in [1.54, 1.807) is 0 Å². The van der Waals surface area contributed by atoms with E-state index in [1.807, 2.05) is 13.8 Å². The fourth-order valence-corrected chi connectivity index (χ4v) is 10.2. The van der Waals surface area contributed by atoms with E-state index in [1.165, 1.54) is 56.3 Å². The zero-order valence-corrected chi connectivity index (χ0v) is 19.6. The average molecular weight is 439 g/mol. The van der Waals surface area contributed by atoms with Crippen LogP contribution in [0.2, 0.25) is 0 Å². The molecule has 3 rings (SSSR count). The Morgan fingerprint density at radius 3 is 2.08 bits per heavy atom. The fraction of sp³-hybridized carbons (Fsp3) is 0.650. The van der Waals surface area contributed by atoms with E-state index in [4.69, 9.17) is 0 Å². The Labute approximate surface area is 177 Å². The first-order valence-corrected chi connectivity index (χ1v) is 11.7. The topological polar surface area (TPSA) is 29.1 Å². The van der Waals surface area contributed by atoms with Crippen LogP contribution < -0.4 is 5.32 Å². The van der Waals surface area contributed by atoms with Crippen LogP contribution in [0.4, 0.5) is 10.1 Å². The molecule has 2 fully saturated rings. The van der Waals surface area contributed by atoms with Gasteiger partial charge in [-0.1, -0.05) is 0 Å². The zero-order valence-electron chi connectivity index (χ0n) is 15.8. The van der Waals surface area contributed by atoms with Gasteiger partial charge in [-0.05, 0) is 69.7 Å². The van der Waals surface area contributed by atoms with Crippen LogP contribution in [0, 0.1) is 19.7 Å². The van der Waals surface area contributed by atoms with Gasteiger partial charge in [0.15, 0.2) is 5.16 Å². The van der Waals surface area contributed by atoms with Crippen molar-refractivity contribution in [2.45, 2.75) is 64.5 Å². The number of aryl methyl sites for hydroxylation is 2. The van der Waals surface area contributed by atoms with Crippen molar-refractivity contribution in [1.82, 2.24) is 0 Å². The van der Waals surface area contributed by atoms with Crippen LogP contribution in [0.25, 0.3) is 0 Å². The number of halogens is 1. The maximum atomic E-state index is 13.5. The molecule has 1 saturated carbocycles. The molecule has 1 heterocycles. The Morgan fingerprint density at radius 2 is 1.64 bits per heavy atom. The monoisotopic (exact) mass is 439 g/mol. The standard InChI is InChI=1S/C20H29FNOP.Y/c1-4-24(11-7-5-6-8-12-24)20(9-10-20)19(23)22-18-15(2)13-17(21)14-16(18)3;/h13-14H,4-12H2,1-3H3;/p+1. The largest absolute Gasteiger partial charge is 0.322 e. The Balaban J connectivity index is 0.00000225. The van der Waals surface area contributed by atoms with E-state index in [2.05, 4.69) is 12.2 Å². The first kappa shape index (κ1) is 21.5. The van der Waals surface area contributed by atoms with Crippen LogP contribution in [-0.2, 0) is 37.5 Å². The van der Waals surface area contributed by atoms with E-state index in [-0.39, 0.29) is 49.6 Å². The molecule has 1 radical (unpaired) electrons. The van der Waals surface area contributed by atoms with Gasteiger partial charge in [-0.3, -0.25) is 4.79 Å². The van der Waals surface area contributed by atoms with Gasteiger partial charge in [0.1, 0.15) is 5.82 Å². The smallest absolute Gasteiger partial charge is 0.268 e. The van der Waals surface area contributed by atoms with Gasteiger partial charge in [-0.2, -0.15) is 0 Å². The first-order chi connectivity index (χ1) is 11.4. The Bertz CT molecular complexity index is 614. The number of nitrogens with one attached hydrogen (secondary N) is 1. The van der Waals surface area contributed by atoms with Crippen LogP contribution in [0.3, 0.4) is 0 Å². The molecule has 0 spiro atoms. The number of hydrogen-bond acceptors (Lipinski definition) is 1. The maximum absolute atomic E-state index is 13.5. The summed E-state index contributed by atoms with van der Waals surface area (Å²) in [6.45, 7) is 6.06. The minimum atomic E-state index is -1.23. The molecule has 1 amide bonds. The van der Waals surface area contributed by atoms with Gasteiger partial charge in [0.25, 0.3) is 5.91 Å². The molecule has 0 aromatic heterocycles. The van der Waals surface area contributed by atoms with Crippen LogP contribution in [0.1, 0.15) is 56.6 Å². The molecule has 0 bridgehead atoms. The Kier molecular flexibility index (Phi) is 7.25. The second-order valence-corrected chi connectivity index (χ2v) is 12.4. The predicted octanol–water partition coefficient (Wildman–Crippen LogP) is 5.52. The molecule has 0 atom stereocenters. The molecule has 1 N–H and O–H groups in total. The first-order valence-electron chi connectivity index (χ1n) is 9.38. The zero-order chi connectivity index (χ0) is 17.4. The molecular formula is C20H30FNOPY+. The van der Waals surface area contributed by atoms with Crippen molar-refractivity contribution in [3.63, 3.8) is 0 Å². The number of carbonyl (C=O) groups excluding carboxylic acids is 1. The maximum Gasteiger partial charge on any atom is 0.268 e. The van der Waals surface area contributed by atoms with E-state index in [0.29, 0.717) is 0 Å². The molecule has 2 aliphatic rings. The normalized spacial score (nSPS) is 21.0. The molecule has 1 aromatic carbocycles. The van der Waals surface area contributed by atoms with Crippen molar-refractivity contribution in [1.29, 1.82) is 0 Å². The summed E-state index contributed by atoms with van der Waals surface area (Å²) in [7, 11) is -1.23. The van der Waals surface area contributed by atoms with Crippen molar-refractivity contribution in [3.8, 4) is 0 Å². The van der Waals surface area contributed by atoms with Crippen LogP contribution in [-0.4, -0.2) is 29.5 Å². The number of amides is 1. The summed E-state index contributed by atoms with van der Waals surface area (Å²) in [6.07, 6.45) is 11.1. The SMILES string of the molecule is CC[P+]1(C2(C(=O)Nc3c(C)cc(F)cc3C)CC2)CCCCCC1.[Y]. The van der Waals surface area contributed by atoms with E-state index >= 15 is 0 Å². The summed E-state index contributed by atoms with van der Waals surface area (Å²) < 4.78 is 13.5. The van der Waals surface area contributed by atoms with Gasteiger partial charge in [-0.25, -0.2) is 4.39 Å².